The van der Waals surface area contributed by atoms with E-state index < -0.39 is 62.1 Å². The van der Waals surface area contributed by atoms with E-state index in [4.69, 9.17) is 0 Å². The van der Waals surface area contributed by atoms with Gasteiger partial charge in [0.1, 0.15) is 5.01 Å². The summed E-state index contributed by atoms with van der Waals surface area (Å²) in [6.07, 6.45) is 0. The Balaban J connectivity index is 7.77. The number of ketones is 6. The first-order chi connectivity index (χ1) is 12.3. The lowest BCUT2D eigenvalue weighted by molar-refractivity contribution is -0.266. The summed E-state index contributed by atoms with van der Waals surface area (Å²) in [5.74, 6) is -10.7. The average Bonchev–Trinajstić information content (AvgIpc) is 2.56. The zero-order valence-electron chi connectivity index (χ0n) is 15.6. The summed E-state index contributed by atoms with van der Waals surface area (Å²) in [7, 11) is 0. The molecule has 5 N–H and O–H groups in total. The summed E-state index contributed by atoms with van der Waals surface area (Å²) >= 11 is 2.34. The molecule has 0 aromatic carbocycles. The van der Waals surface area contributed by atoms with Crippen molar-refractivity contribution in [2.75, 3.05) is 0 Å². The van der Waals surface area contributed by atoms with Crippen LogP contribution in [0.25, 0.3) is 0 Å². The van der Waals surface area contributed by atoms with E-state index in [0.29, 0.717) is 34.6 Å². The number of hydrogen-bond donors (Lipinski definition) is 5. The third kappa shape index (κ3) is 3.09. The van der Waals surface area contributed by atoms with E-state index in [-0.39, 0.29) is 0 Å². The topological polar surface area (TPSA) is 204 Å². The van der Waals surface area contributed by atoms with Crippen LogP contribution >= 0.6 is 15.9 Å². The summed E-state index contributed by atoms with van der Waals surface area (Å²) in [6, 6.07) is 0. The molecule has 0 aliphatic carbocycles. The van der Waals surface area contributed by atoms with Gasteiger partial charge < -0.3 is 25.5 Å². The molecule has 0 aliphatic rings. The number of halogens is 1. The van der Waals surface area contributed by atoms with Crippen LogP contribution in [-0.4, -0.2) is 87.6 Å². The van der Waals surface area contributed by atoms with Gasteiger partial charge in [-0.1, -0.05) is 15.9 Å². The molecule has 28 heavy (non-hydrogen) atoms. The quantitative estimate of drug-likeness (QED) is 0.125. The van der Waals surface area contributed by atoms with Crippen LogP contribution in [0, 0.1) is 0 Å². The molecule has 0 bridgehead atoms. The summed E-state index contributed by atoms with van der Waals surface area (Å²) < 4.78 is 0. The maximum atomic E-state index is 12.3. The van der Waals surface area contributed by atoms with Crippen LogP contribution < -0.4 is 0 Å². The molecule has 0 spiro atoms. The normalized spacial score (nSPS) is 21.1. The van der Waals surface area contributed by atoms with Crippen molar-refractivity contribution in [1.29, 1.82) is 0 Å². The summed E-state index contributed by atoms with van der Waals surface area (Å²) in [5, 5.41) is 50.6. The minimum Gasteiger partial charge on any atom is -0.378 e. The number of alkyl halides is 1. The smallest absolute Gasteiger partial charge is 0.240 e. The van der Waals surface area contributed by atoms with Crippen LogP contribution in [0.1, 0.15) is 34.6 Å². The Labute approximate surface area is 167 Å². The van der Waals surface area contributed by atoms with Crippen molar-refractivity contribution in [3.8, 4) is 0 Å². The standard InChI is InChI=1S/C16H21BrO11/c1-6(18)11(23)13(25,7(2)19)15(27,9(4)21)16(28,10(5)22)14(26,8(3)20)12(17)24/h12,24-28H,1-5H3/t12?,13-,14+,15+,16+/m0/s1. The van der Waals surface area contributed by atoms with E-state index >= 15 is 0 Å². The van der Waals surface area contributed by atoms with Gasteiger partial charge in [0.2, 0.25) is 22.6 Å². The largest absolute Gasteiger partial charge is 0.378 e. The van der Waals surface area contributed by atoms with Gasteiger partial charge in [0, 0.05) is 6.92 Å². The fraction of sp³-hybridized carbons (Fsp3) is 0.625. The van der Waals surface area contributed by atoms with Crippen LogP contribution in [0.5, 0.6) is 0 Å². The van der Waals surface area contributed by atoms with Crippen LogP contribution in [0.2, 0.25) is 0 Å². The predicted octanol–water partition coefficient (Wildman–Crippen LogP) is -2.86. The van der Waals surface area contributed by atoms with E-state index in [1.54, 1.807) is 0 Å². The molecular weight excluding hydrogens is 448 g/mol. The molecule has 0 aliphatic heterocycles. The van der Waals surface area contributed by atoms with Crippen molar-refractivity contribution >= 4 is 50.6 Å². The fourth-order valence-corrected chi connectivity index (χ4v) is 3.65. The summed E-state index contributed by atoms with van der Waals surface area (Å²) in [6.45, 7) is 2.40. The summed E-state index contributed by atoms with van der Waals surface area (Å²) in [4.78, 5) is 72.6. The van der Waals surface area contributed by atoms with E-state index in [0.717, 1.165) is 0 Å². The first kappa shape index (κ1) is 26.3. The van der Waals surface area contributed by atoms with Gasteiger partial charge in [-0.15, -0.1) is 0 Å². The van der Waals surface area contributed by atoms with E-state index in [1.165, 1.54) is 0 Å². The van der Waals surface area contributed by atoms with Crippen molar-refractivity contribution in [3.63, 3.8) is 0 Å². The highest BCUT2D eigenvalue weighted by atomic mass is 79.9. The van der Waals surface area contributed by atoms with Gasteiger partial charge in [-0.2, -0.15) is 0 Å². The molecule has 0 rings (SSSR count). The zero-order chi connectivity index (χ0) is 23.0. The molecule has 158 valence electrons. The molecule has 0 aromatic rings. The minimum absolute atomic E-state index is 0.413. The van der Waals surface area contributed by atoms with Crippen molar-refractivity contribution < 1.29 is 54.3 Å². The lowest BCUT2D eigenvalue weighted by Gasteiger charge is -2.53. The third-order valence-corrected chi connectivity index (χ3v) is 5.32. The molecule has 0 radical (unpaired) electrons. The summed E-state index contributed by atoms with van der Waals surface area (Å²) in [5.41, 5.74) is -16.3. The Kier molecular flexibility index (Phi) is 7.48. The van der Waals surface area contributed by atoms with Crippen LogP contribution in [0.15, 0.2) is 0 Å². The first-order valence-corrected chi connectivity index (χ1v) is 8.55. The lowest BCUT2D eigenvalue weighted by Crippen LogP contribution is -2.86. The number of carbonyl (C=O) groups is 6. The van der Waals surface area contributed by atoms with Crippen molar-refractivity contribution in [3.05, 3.63) is 0 Å². The van der Waals surface area contributed by atoms with Gasteiger partial charge in [0.05, 0.1) is 0 Å². The Hall–Kier alpha value is -1.70. The fourth-order valence-electron chi connectivity index (χ4n) is 3.00. The van der Waals surface area contributed by atoms with E-state index in [2.05, 4.69) is 15.9 Å². The van der Waals surface area contributed by atoms with E-state index in [1.807, 2.05) is 0 Å². The molecule has 12 heteroatoms. The molecule has 0 fully saturated rings. The highest BCUT2D eigenvalue weighted by Gasteiger charge is 2.80. The number of Topliss-reactive ketones (excluding diaryl/α,β-unsaturated/α-hetero) is 6. The van der Waals surface area contributed by atoms with Crippen molar-refractivity contribution in [1.82, 2.24) is 0 Å². The van der Waals surface area contributed by atoms with Crippen LogP contribution in [0.4, 0.5) is 0 Å². The van der Waals surface area contributed by atoms with Gasteiger partial charge in [-0.25, -0.2) is 0 Å². The molecule has 0 saturated heterocycles. The maximum absolute atomic E-state index is 12.3. The van der Waals surface area contributed by atoms with Crippen molar-refractivity contribution in [2.45, 2.75) is 62.0 Å². The first-order valence-electron chi connectivity index (χ1n) is 7.63. The monoisotopic (exact) mass is 468 g/mol. The zero-order valence-corrected chi connectivity index (χ0v) is 17.2. The van der Waals surface area contributed by atoms with Gasteiger partial charge in [0.15, 0.2) is 34.5 Å². The molecular formula is C16H21BrO11. The number of hydrogen-bond acceptors (Lipinski definition) is 11. The number of aliphatic hydroxyl groups is 5. The van der Waals surface area contributed by atoms with Crippen LogP contribution in [0.3, 0.4) is 0 Å². The number of carbonyl (C=O) groups excluding carboxylic acids is 6. The van der Waals surface area contributed by atoms with Gasteiger partial charge in [-0.3, -0.25) is 28.8 Å². The second kappa shape index (κ2) is 7.97. The highest BCUT2D eigenvalue weighted by molar-refractivity contribution is 9.09. The third-order valence-electron chi connectivity index (χ3n) is 4.66. The number of rotatable bonds is 10. The Bertz CT molecular complexity index is 760. The molecule has 0 heterocycles. The Morgan fingerprint density at radius 2 is 1.04 bits per heavy atom. The van der Waals surface area contributed by atoms with Crippen LogP contribution in [-0.2, 0) is 28.8 Å². The second-order valence-electron chi connectivity index (χ2n) is 6.34. The van der Waals surface area contributed by atoms with Gasteiger partial charge in [-0.05, 0) is 27.7 Å². The lowest BCUT2D eigenvalue weighted by atomic mass is 9.57. The molecule has 0 aromatic heterocycles. The molecule has 1 unspecified atom stereocenters. The predicted molar refractivity (Wildman–Crippen MR) is 93.1 cm³/mol. The second-order valence-corrected chi connectivity index (χ2v) is 7.21. The molecule has 5 atom stereocenters. The van der Waals surface area contributed by atoms with Crippen molar-refractivity contribution in [2.24, 2.45) is 0 Å². The maximum Gasteiger partial charge on any atom is 0.240 e. The Morgan fingerprint density at radius 1 is 0.679 bits per heavy atom. The SMILES string of the molecule is CC(=O)C(=O)[C@@](O)(C(C)=O)[C@](O)(C(C)=O)[C@@](O)(C(C)=O)[C@@](O)(C(C)=O)C(O)Br. The highest BCUT2D eigenvalue weighted by Crippen LogP contribution is 2.45. The minimum atomic E-state index is -4.25. The molecule has 0 amide bonds. The van der Waals surface area contributed by atoms with Gasteiger partial charge in [0.25, 0.3) is 0 Å². The molecule has 11 nitrogen and oxygen atoms in total. The van der Waals surface area contributed by atoms with Gasteiger partial charge >= 0.3 is 0 Å². The number of aliphatic hydroxyl groups excluding tert-OH is 1. The average molecular weight is 469 g/mol. The Morgan fingerprint density at radius 3 is 1.21 bits per heavy atom. The molecule has 0 saturated carbocycles. The van der Waals surface area contributed by atoms with E-state index in [9.17, 15) is 54.3 Å².